The highest BCUT2D eigenvalue weighted by Gasteiger charge is 2.04. The second-order valence-corrected chi connectivity index (χ2v) is 3.79. The molecule has 4 nitrogen and oxygen atoms in total. The Morgan fingerprint density at radius 2 is 2.31 bits per heavy atom. The van der Waals surface area contributed by atoms with Gasteiger partial charge in [-0.1, -0.05) is 0 Å². The summed E-state index contributed by atoms with van der Waals surface area (Å²) in [5, 5.41) is 3.65. The number of rotatable bonds is 3. The maximum absolute atomic E-state index is 10.8. The van der Waals surface area contributed by atoms with Gasteiger partial charge in [0.1, 0.15) is 6.54 Å². The average Bonchev–Trinajstić information content (AvgIpc) is 2.42. The van der Waals surface area contributed by atoms with Gasteiger partial charge in [0.05, 0.1) is 12.8 Å². The summed E-state index contributed by atoms with van der Waals surface area (Å²) in [4.78, 5) is 16.1. The van der Waals surface area contributed by atoms with E-state index in [-0.39, 0.29) is 12.5 Å². The first-order chi connectivity index (χ1) is 6.13. The molecule has 0 saturated carbocycles. The van der Waals surface area contributed by atoms with Gasteiger partial charge in [-0.25, -0.2) is 4.98 Å². The molecule has 0 fully saturated rings. The third-order valence-corrected chi connectivity index (χ3v) is 2.67. The summed E-state index contributed by atoms with van der Waals surface area (Å²) in [6.07, 6.45) is 0. The molecule has 0 amide bonds. The highest BCUT2D eigenvalue weighted by atomic mass is 32.1. The molecule has 13 heavy (non-hydrogen) atoms. The number of methoxy groups -OCH3 is 1. The topological polar surface area (TPSA) is 51.2 Å². The van der Waals surface area contributed by atoms with E-state index in [1.165, 1.54) is 18.4 Å². The maximum atomic E-state index is 10.8. The predicted octanol–water partition coefficient (Wildman–Crippen LogP) is 1.34. The largest absolute Gasteiger partial charge is 0.468 e. The van der Waals surface area contributed by atoms with E-state index in [1.54, 1.807) is 0 Å². The fourth-order valence-corrected chi connectivity index (χ4v) is 1.58. The second-order valence-electron chi connectivity index (χ2n) is 2.59. The molecule has 1 N–H and O–H groups in total. The van der Waals surface area contributed by atoms with Gasteiger partial charge in [-0.05, 0) is 13.8 Å². The lowest BCUT2D eigenvalue weighted by molar-refractivity contribution is -0.138. The third kappa shape index (κ3) is 2.69. The number of carbonyl (C=O) groups excluding carboxylic acids is 1. The molecule has 0 unspecified atom stereocenters. The van der Waals surface area contributed by atoms with Gasteiger partial charge in [-0.3, -0.25) is 4.79 Å². The molecule has 0 aliphatic carbocycles. The monoisotopic (exact) mass is 200 g/mol. The molecular formula is C8H12N2O2S. The first kappa shape index (κ1) is 9.98. The molecule has 5 heteroatoms. The number of thiazole rings is 1. The minimum absolute atomic E-state index is 0.170. The number of nitrogens with one attached hydrogen (secondary N) is 1. The Balaban J connectivity index is 2.50. The second kappa shape index (κ2) is 4.23. The minimum Gasteiger partial charge on any atom is -0.468 e. The van der Waals surface area contributed by atoms with Gasteiger partial charge < -0.3 is 10.1 Å². The fourth-order valence-electron chi connectivity index (χ4n) is 0.768. The zero-order valence-electron chi connectivity index (χ0n) is 7.88. The highest BCUT2D eigenvalue weighted by Crippen LogP contribution is 2.20. The van der Waals surface area contributed by atoms with Crippen LogP contribution in [0.2, 0.25) is 0 Å². The molecule has 0 spiro atoms. The van der Waals surface area contributed by atoms with Crippen molar-refractivity contribution in [1.82, 2.24) is 4.98 Å². The van der Waals surface area contributed by atoms with Crippen molar-refractivity contribution >= 4 is 22.4 Å². The van der Waals surface area contributed by atoms with E-state index in [0.717, 1.165) is 15.7 Å². The molecule has 1 aromatic heterocycles. The van der Waals surface area contributed by atoms with Gasteiger partial charge in [-0.15, -0.1) is 11.3 Å². The lowest BCUT2D eigenvalue weighted by atomic mass is 10.4. The number of aromatic nitrogens is 1. The molecule has 0 aliphatic rings. The molecular weight excluding hydrogens is 188 g/mol. The normalized spacial score (nSPS) is 9.77. The summed E-state index contributed by atoms with van der Waals surface area (Å²) in [7, 11) is 1.36. The molecule has 0 aromatic carbocycles. The zero-order valence-corrected chi connectivity index (χ0v) is 8.70. The van der Waals surface area contributed by atoms with Crippen LogP contribution in [0.25, 0.3) is 0 Å². The molecule has 0 bridgehead atoms. The van der Waals surface area contributed by atoms with Gasteiger partial charge >= 0.3 is 5.97 Å². The van der Waals surface area contributed by atoms with Gasteiger partial charge in [-0.2, -0.15) is 0 Å². The van der Waals surface area contributed by atoms with Crippen molar-refractivity contribution in [2.24, 2.45) is 0 Å². The quantitative estimate of drug-likeness (QED) is 0.748. The zero-order chi connectivity index (χ0) is 9.84. The molecule has 1 rings (SSSR count). The van der Waals surface area contributed by atoms with Crippen molar-refractivity contribution in [3.05, 3.63) is 10.6 Å². The van der Waals surface area contributed by atoms with Crippen LogP contribution < -0.4 is 5.32 Å². The van der Waals surface area contributed by atoms with Crippen LogP contribution in [-0.4, -0.2) is 24.6 Å². The lowest BCUT2D eigenvalue weighted by Gasteiger charge is -1.99. The summed E-state index contributed by atoms with van der Waals surface area (Å²) in [6.45, 7) is 4.11. The summed E-state index contributed by atoms with van der Waals surface area (Å²) in [6, 6.07) is 0. The van der Waals surface area contributed by atoms with E-state index in [0.29, 0.717) is 0 Å². The minimum atomic E-state index is -0.287. The standard InChI is InChI=1S/C8H12N2O2S/c1-5-6(2)13-8(10-5)9-4-7(11)12-3/h4H2,1-3H3,(H,9,10). The molecule has 0 atom stereocenters. The van der Waals surface area contributed by atoms with Gasteiger partial charge in [0.15, 0.2) is 5.13 Å². The first-order valence-corrected chi connectivity index (χ1v) is 4.70. The van der Waals surface area contributed by atoms with Gasteiger partial charge in [0, 0.05) is 4.88 Å². The summed E-state index contributed by atoms with van der Waals surface area (Å²) < 4.78 is 4.48. The van der Waals surface area contributed by atoms with Crippen molar-refractivity contribution in [1.29, 1.82) is 0 Å². The van der Waals surface area contributed by atoms with E-state index in [4.69, 9.17) is 0 Å². The van der Waals surface area contributed by atoms with Crippen LogP contribution in [0.15, 0.2) is 0 Å². The van der Waals surface area contributed by atoms with Crippen molar-refractivity contribution < 1.29 is 9.53 Å². The van der Waals surface area contributed by atoms with Crippen LogP contribution in [0.4, 0.5) is 5.13 Å². The number of carbonyl (C=O) groups is 1. The predicted molar refractivity (Wildman–Crippen MR) is 52.1 cm³/mol. The first-order valence-electron chi connectivity index (χ1n) is 3.88. The number of nitrogens with zero attached hydrogens (tertiary/aromatic N) is 1. The molecule has 0 aliphatic heterocycles. The maximum Gasteiger partial charge on any atom is 0.325 e. The van der Waals surface area contributed by atoms with Crippen LogP contribution in [0.5, 0.6) is 0 Å². The smallest absolute Gasteiger partial charge is 0.325 e. The van der Waals surface area contributed by atoms with Gasteiger partial charge in [0.2, 0.25) is 0 Å². The highest BCUT2D eigenvalue weighted by molar-refractivity contribution is 7.15. The molecule has 0 radical (unpaired) electrons. The molecule has 0 saturated heterocycles. The number of ether oxygens (including phenoxy) is 1. The van der Waals surface area contributed by atoms with E-state index in [2.05, 4.69) is 15.0 Å². The van der Waals surface area contributed by atoms with Crippen molar-refractivity contribution in [2.45, 2.75) is 13.8 Å². The van der Waals surface area contributed by atoms with E-state index >= 15 is 0 Å². The third-order valence-electron chi connectivity index (χ3n) is 1.64. The number of hydrogen-bond acceptors (Lipinski definition) is 5. The Bertz CT molecular complexity index is 290. The summed E-state index contributed by atoms with van der Waals surface area (Å²) in [5.74, 6) is -0.287. The van der Waals surface area contributed by atoms with Crippen LogP contribution in [0.1, 0.15) is 10.6 Å². The number of hydrogen-bond donors (Lipinski definition) is 1. The Morgan fingerprint density at radius 1 is 1.62 bits per heavy atom. The van der Waals surface area contributed by atoms with Crippen LogP contribution >= 0.6 is 11.3 Å². The SMILES string of the molecule is COC(=O)CNc1nc(C)c(C)s1. The van der Waals surface area contributed by atoms with E-state index in [9.17, 15) is 4.79 Å². The fraction of sp³-hybridized carbons (Fsp3) is 0.500. The number of aryl methyl sites for hydroxylation is 2. The van der Waals surface area contributed by atoms with Crippen LogP contribution in [0, 0.1) is 13.8 Å². The average molecular weight is 200 g/mol. The Morgan fingerprint density at radius 3 is 2.77 bits per heavy atom. The van der Waals surface area contributed by atoms with Crippen LogP contribution in [0.3, 0.4) is 0 Å². The van der Waals surface area contributed by atoms with E-state index < -0.39 is 0 Å². The van der Waals surface area contributed by atoms with Crippen LogP contribution in [-0.2, 0) is 9.53 Å². The summed E-state index contributed by atoms with van der Waals surface area (Å²) >= 11 is 1.54. The van der Waals surface area contributed by atoms with Gasteiger partial charge in [0.25, 0.3) is 0 Å². The molecule has 1 heterocycles. The summed E-state index contributed by atoms with van der Waals surface area (Å²) in [5.41, 5.74) is 0.998. The van der Waals surface area contributed by atoms with Crippen molar-refractivity contribution in [3.63, 3.8) is 0 Å². The molecule has 72 valence electrons. The number of esters is 1. The number of anilines is 1. The molecule has 1 aromatic rings. The lowest BCUT2D eigenvalue weighted by Crippen LogP contribution is -2.14. The Hall–Kier alpha value is -1.10. The van der Waals surface area contributed by atoms with E-state index in [1.807, 2.05) is 13.8 Å². The Labute approximate surface area is 80.9 Å². The Kier molecular flexibility index (Phi) is 3.25. The van der Waals surface area contributed by atoms with Crippen molar-refractivity contribution in [3.8, 4) is 0 Å². The van der Waals surface area contributed by atoms with Crippen molar-refractivity contribution in [2.75, 3.05) is 19.0 Å².